The van der Waals surface area contributed by atoms with Crippen LogP contribution in [-0.4, -0.2) is 63.0 Å². The number of carbonyl (C=O) groups excluding carboxylic acids is 1. The highest BCUT2D eigenvalue weighted by Crippen LogP contribution is 2.38. The molecule has 2 aliphatic rings. The summed E-state index contributed by atoms with van der Waals surface area (Å²) in [5.41, 5.74) is 7.22. The number of anilines is 2. The number of carbonyl (C=O) groups is 1. The largest absolute Gasteiger partial charge is 0.444 e. The number of benzene rings is 1. The Kier molecular flexibility index (Phi) is 6.55. The van der Waals surface area contributed by atoms with Gasteiger partial charge in [0.1, 0.15) is 28.7 Å². The molecule has 9 nitrogen and oxygen atoms in total. The Morgan fingerprint density at radius 1 is 1.24 bits per heavy atom. The number of aromatic nitrogens is 3. The predicted molar refractivity (Wildman–Crippen MR) is 145 cm³/mol. The number of hydrogen-bond acceptors (Lipinski definition) is 9. The number of pyridine rings is 1. The Balaban J connectivity index is 1.56. The van der Waals surface area contributed by atoms with Crippen molar-refractivity contribution in [3.63, 3.8) is 0 Å². The molecule has 0 saturated carbocycles. The van der Waals surface area contributed by atoms with Gasteiger partial charge in [-0.1, -0.05) is 11.8 Å². The molecule has 198 valence electrons. The van der Waals surface area contributed by atoms with Crippen LogP contribution in [0.3, 0.4) is 0 Å². The molecule has 38 heavy (non-hydrogen) atoms. The maximum atomic E-state index is 16.1. The lowest BCUT2D eigenvalue weighted by Crippen LogP contribution is -2.57. The van der Waals surface area contributed by atoms with Gasteiger partial charge in [0, 0.05) is 24.8 Å². The molecular formula is C27H30FN7O2S. The Bertz CT molecular complexity index is 1470. The van der Waals surface area contributed by atoms with Crippen LogP contribution in [0.15, 0.2) is 23.5 Å². The predicted octanol–water partition coefficient (Wildman–Crippen LogP) is 4.90. The summed E-state index contributed by atoms with van der Waals surface area (Å²) >= 11 is 1.32. The molecule has 0 unspecified atom stereocenters. The highest BCUT2D eigenvalue weighted by molar-refractivity contribution is 7.98. The summed E-state index contributed by atoms with van der Waals surface area (Å²) in [5, 5.41) is 10.6. The van der Waals surface area contributed by atoms with Crippen LogP contribution >= 0.6 is 11.8 Å². The second-order valence-electron chi connectivity index (χ2n) is 10.8. The van der Waals surface area contributed by atoms with Crippen LogP contribution in [0, 0.1) is 24.1 Å². The van der Waals surface area contributed by atoms with E-state index in [-0.39, 0.29) is 40.6 Å². The monoisotopic (exact) mass is 535 g/mol. The third-order valence-electron chi connectivity index (χ3n) is 6.89. The molecule has 2 bridgehead atoms. The van der Waals surface area contributed by atoms with E-state index in [1.807, 2.05) is 38.9 Å². The molecule has 2 fully saturated rings. The lowest BCUT2D eigenvalue weighted by molar-refractivity contribution is 0.0123. The average Bonchev–Trinajstić information content (AvgIpc) is 3.12. The van der Waals surface area contributed by atoms with Gasteiger partial charge in [0.15, 0.2) is 11.0 Å². The van der Waals surface area contributed by atoms with Gasteiger partial charge in [-0.15, -0.1) is 0 Å². The van der Waals surface area contributed by atoms with Crippen molar-refractivity contribution in [3.05, 3.63) is 35.3 Å². The first kappa shape index (κ1) is 26.0. The fraction of sp³-hybridized carbons (Fsp3) is 0.444. The van der Waals surface area contributed by atoms with Crippen molar-refractivity contribution in [2.75, 3.05) is 30.0 Å². The van der Waals surface area contributed by atoms with E-state index < -0.39 is 11.4 Å². The van der Waals surface area contributed by atoms with E-state index in [9.17, 15) is 10.1 Å². The van der Waals surface area contributed by atoms with Gasteiger partial charge in [-0.25, -0.2) is 19.2 Å². The number of halogens is 1. The summed E-state index contributed by atoms with van der Waals surface area (Å²) in [6, 6.07) is 5.40. The zero-order valence-electron chi connectivity index (χ0n) is 22.1. The maximum absolute atomic E-state index is 16.1. The number of nitrogens with two attached hydrogens (primary N) is 1. The van der Waals surface area contributed by atoms with Crippen LogP contribution in [0.25, 0.3) is 22.2 Å². The van der Waals surface area contributed by atoms with Gasteiger partial charge in [-0.2, -0.15) is 5.26 Å². The quantitative estimate of drug-likeness (QED) is 0.283. The molecule has 5 rings (SSSR count). The summed E-state index contributed by atoms with van der Waals surface area (Å²) in [6.07, 6.45) is 4.83. The smallest absolute Gasteiger partial charge is 0.410 e. The van der Waals surface area contributed by atoms with Crippen LogP contribution in [-0.2, 0) is 4.74 Å². The summed E-state index contributed by atoms with van der Waals surface area (Å²) in [6.45, 7) is 8.51. The number of rotatable bonds is 3. The number of nitrogen functional groups attached to an aromatic ring is 1. The number of piperazine rings is 1. The number of amides is 1. The topological polar surface area (TPSA) is 121 Å². The number of nitrogens with zero attached hydrogens (tertiary/aromatic N) is 6. The highest BCUT2D eigenvalue weighted by Gasteiger charge is 2.45. The SMILES string of the molecule is CSc1nc(N2C[C@H]3CC[C@@H](C2)N3C(=O)OC(C)(C)C)c2cnc(-c3cc(C)cc(N)c3C#N)c(F)c2n1. The molecule has 2 aliphatic heterocycles. The van der Waals surface area contributed by atoms with Gasteiger partial charge in [0.2, 0.25) is 0 Å². The second kappa shape index (κ2) is 9.58. The van der Waals surface area contributed by atoms with Crippen LogP contribution in [0.4, 0.5) is 20.7 Å². The fourth-order valence-electron chi connectivity index (χ4n) is 5.36. The van der Waals surface area contributed by atoms with E-state index in [1.54, 1.807) is 18.3 Å². The normalized spacial score (nSPS) is 19.1. The van der Waals surface area contributed by atoms with Gasteiger partial charge in [0.25, 0.3) is 0 Å². The lowest BCUT2D eigenvalue weighted by Gasteiger charge is -2.42. The van der Waals surface area contributed by atoms with E-state index in [4.69, 9.17) is 15.5 Å². The summed E-state index contributed by atoms with van der Waals surface area (Å²) in [7, 11) is 0. The van der Waals surface area contributed by atoms with Gasteiger partial charge in [-0.3, -0.25) is 9.88 Å². The van der Waals surface area contributed by atoms with Gasteiger partial charge >= 0.3 is 6.09 Å². The Hall–Kier alpha value is -3.65. The fourth-order valence-corrected chi connectivity index (χ4v) is 5.72. The number of fused-ring (bicyclic) bond motifs is 3. The molecule has 4 heterocycles. The molecule has 1 aromatic carbocycles. The Morgan fingerprint density at radius 2 is 1.92 bits per heavy atom. The highest BCUT2D eigenvalue weighted by atomic mass is 32.2. The van der Waals surface area contributed by atoms with E-state index in [2.05, 4.69) is 20.9 Å². The van der Waals surface area contributed by atoms with Crippen LogP contribution in [0.5, 0.6) is 0 Å². The molecule has 2 N–H and O–H groups in total. The number of thioether (sulfide) groups is 1. The zero-order valence-corrected chi connectivity index (χ0v) is 22.9. The third kappa shape index (κ3) is 4.58. The minimum atomic E-state index is -0.627. The number of aryl methyl sites for hydroxylation is 1. The van der Waals surface area contributed by atoms with Crippen LogP contribution < -0.4 is 10.6 Å². The molecule has 0 aliphatic carbocycles. The molecular weight excluding hydrogens is 505 g/mol. The van der Waals surface area contributed by atoms with Crippen molar-refractivity contribution in [2.45, 2.75) is 63.4 Å². The molecule has 2 atom stereocenters. The number of ether oxygens (including phenoxy) is 1. The van der Waals surface area contributed by atoms with Crippen molar-refractivity contribution in [3.8, 4) is 17.3 Å². The summed E-state index contributed by atoms with van der Waals surface area (Å²) in [5.74, 6) is -0.0411. The molecule has 0 spiro atoms. The number of hydrogen-bond donors (Lipinski definition) is 1. The van der Waals surface area contributed by atoms with Gasteiger partial charge in [-0.05, 0) is 64.5 Å². The van der Waals surface area contributed by atoms with Crippen LogP contribution in [0.2, 0.25) is 0 Å². The number of nitriles is 1. The first-order valence-electron chi connectivity index (χ1n) is 12.5. The standard InChI is InChI=1S/C27H30FN7O2S/c1-14-8-17(18(10-29)20(30)9-14)22-21(28)23-19(11-31-22)24(33-25(32-23)38-5)34-12-15-6-7-16(13-34)35(15)26(36)37-27(2,3)4/h8-9,11,15-16H,6-7,12-13,30H2,1-5H3/t15-,16+. The maximum Gasteiger partial charge on any atom is 0.410 e. The van der Waals surface area contributed by atoms with Crippen molar-refractivity contribution in [1.82, 2.24) is 19.9 Å². The van der Waals surface area contributed by atoms with Crippen molar-refractivity contribution < 1.29 is 13.9 Å². The van der Waals surface area contributed by atoms with Crippen molar-refractivity contribution >= 4 is 40.3 Å². The first-order valence-corrected chi connectivity index (χ1v) is 13.7. The first-order chi connectivity index (χ1) is 18.0. The van der Waals surface area contributed by atoms with E-state index >= 15 is 4.39 Å². The minimum Gasteiger partial charge on any atom is -0.444 e. The Labute approximate surface area is 225 Å². The Morgan fingerprint density at radius 3 is 2.53 bits per heavy atom. The van der Waals surface area contributed by atoms with Crippen LogP contribution in [0.1, 0.15) is 44.7 Å². The third-order valence-corrected chi connectivity index (χ3v) is 7.44. The molecule has 1 amide bonds. The second-order valence-corrected chi connectivity index (χ2v) is 11.6. The zero-order chi connectivity index (χ0) is 27.4. The van der Waals surface area contributed by atoms with Crippen molar-refractivity contribution in [2.24, 2.45) is 0 Å². The lowest BCUT2D eigenvalue weighted by atomic mass is 9.99. The van der Waals surface area contributed by atoms with Gasteiger partial charge in [0.05, 0.1) is 28.7 Å². The summed E-state index contributed by atoms with van der Waals surface area (Å²) in [4.78, 5) is 30.5. The molecule has 3 aromatic rings. The molecule has 2 saturated heterocycles. The van der Waals surface area contributed by atoms with Gasteiger partial charge < -0.3 is 15.4 Å². The molecule has 11 heteroatoms. The van der Waals surface area contributed by atoms with E-state index in [0.717, 1.165) is 18.4 Å². The minimum absolute atomic E-state index is 0.0240. The van der Waals surface area contributed by atoms with E-state index in [1.165, 1.54) is 11.8 Å². The molecule has 0 radical (unpaired) electrons. The van der Waals surface area contributed by atoms with Crippen molar-refractivity contribution in [1.29, 1.82) is 5.26 Å². The summed E-state index contributed by atoms with van der Waals surface area (Å²) < 4.78 is 21.7. The van der Waals surface area contributed by atoms with E-state index in [0.29, 0.717) is 35.0 Å². The average molecular weight is 536 g/mol. The molecule has 2 aromatic heterocycles.